The number of benzene rings is 1. The topological polar surface area (TPSA) is 84.4 Å². The average molecular weight is 362 g/mol. The molecule has 1 N–H and O–H groups in total. The van der Waals surface area contributed by atoms with Gasteiger partial charge in [-0.2, -0.15) is 0 Å². The Kier molecular flexibility index (Phi) is 4.91. The standard InChI is InChI=1S/C17H22N4O3S/c1-12-10-13(2)17(14(3)11-12)25(22,23)20-15-4-5-16(19-18-15)21-6-8-24-9-7-21/h4-5,10-11H,6-9H2,1-3H3,(H,18,20). The highest BCUT2D eigenvalue weighted by Gasteiger charge is 2.21. The van der Waals surface area contributed by atoms with Gasteiger partial charge in [-0.15, -0.1) is 10.2 Å². The van der Waals surface area contributed by atoms with Crippen LogP contribution in [0.2, 0.25) is 0 Å². The van der Waals surface area contributed by atoms with Crippen LogP contribution in [0.1, 0.15) is 16.7 Å². The Hall–Kier alpha value is -2.19. The maximum atomic E-state index is 12.7. The zero-order valence-corrected chi connectivity index (χ0v) is 15.4. The molecular formula is C17H22N4O3S. The molecule has 0 bridgehead atoms. The van der Waals surface area contributed by atoms with Gasteiger partial charge in [-0.25, -0.2) is 8.42 Å². The predicted molar refractivity (Wildman–Crippen MR) is 96.5 cm³/mol. The third-order valence-electron chi connectivity index (χ3n) is 4.10. The smallest absolute Gasteiger partial charge is 0.263 e. The molecule has 1 saturated heterocycles. The molecule has 1 aromatic carbocycles. The van der Waals surface area contributed by atoms with Gasteiger partial charge in [-0.1, -0.05) is 17.7 Å². The van der Waals surface area contributed by atoms with Gasteiger partial charge in [0.25, 0.3) is 10.0 Å². The van der Waals surface area contributed by atoms with Crippen LogP contribution in [0.3, 0.4) is 0 Å². The molecule has 25 heavy (non-hydrogen) atoms. The number of sulfonamides is 1. The molecule has 1 aromatic heterocycles. The third-order valence-corrected chi connectivity index (χ3v) is 5.76. The summed E-state index contributed by atoms with van der Waals surface area (Å²) in [7, 11) is -3.72. The van der Waals surface area contributed by atoms with Gasteiger partial charge in [0.1, 0.15) is 0 Å². The molecule has 3 rings (SSSR count). The SMILES string of the molecule is Cc1cc(C)c(S(=O)(=O)Nc2ccc(N3CCOCC3)nn2)c(C)c1. The molecule has 0 amide bonds. The number of hydrogen-bond acceptors (Lipinski definition) is 6. The number of rotatable bonds is 4. The fourth-order valence-electron chi connectivity index (χ4n) is 3.12. The lowest BCUT2D eigenvalue weighted by Gasteiger charge is -2.27. The van der Waals surface area contributed by atoms with Gasteiger partial charge in [-0.3, -0.25) is 4.72 Å². The van der Waals surface area contributed by atoms with Crippen molar-refractivity contribution in [2.24, 2.45) is 0 Å². The van der Waals surface area contributed by atoms with Gasteiger partial charge in [0.05, 0.1) is 18.1 Å². The molecule has 1 aliphatic heterocycles. The van der Waals surface area contributed by atoms with Gasteiger partial charge in [0, 0.05) is 13.1 Å². The quantitative estimate of drug-likeness (QED) is 0.896. The van der Waals surface area contributed by atoms with Crippen LogP contribution >= 0.6 is 0 Å². The van der Waals surface area contributed by atoms with Gasteiger partial charge >= 0.3 is 0 Å². The molecule has 1 aliphatic rings. The first kappa shape index (κ1) is 17.6. The number of hydrogen-bond donors (Lipinski definition) is 1. The maximum Gasteiger partial charge on any atom is 0.263 e. The molecule has 2 heterocycles. The van der Waals surface area contributed by atoms with Crippen LogP contribution in [0.15, 0.2) is 29.2 Å². The third kappa shape index (κ3) is 3.91. The van der Waals surface area contributed by atoms with E-state index in [1.807, 2.05) is 19.1 Å². The Morgan fingerprint density at radius 3 is 2.24 bits per heavy atom. The van der Waals surface area contributed by atoms with Crippen molar-refractivity contribution < 1.29 is 13.2 Å². The van der Waals surface area contributed by atoms with Crippen LogP contribution < -0.4 is 9.62 Å². The van der Waals surface area contributed by atoms with Crippen LogP contribution in [0.5, 0.6) is 0 Å². The zero-order chi connectivity index (χ0) is 18.0. The molecule has 7 nitrogen and oxygen atoms in total. The number of anilines is 2. The number of aromatic nitrogens is 2. The first-order valence-corrected chi connectivity index (χ1v) is 9.62. The summed E-state index contributed by atoms with van der Waals surface area (Å²) in [6.07, 6.45) is 0. The molecule has 134 valence electrons. The van der Waals surface area contributed by atoms with Crippen LogP contribution in [0, 0.1) is 20.8 Å². The largest absolute Gasteiger partial charge is 0.378 e. The Balaban J connectivity index is 1.82. The van der Waals surface area contributed by atoms with Crippen LogP contribution in [-0.2, 0) is 14.8 Å². The van der Waals surface area contributed by atoms with Gasteiger partial charge < -0.3 is 9.64 Å². The zero-order valence-electron chi connectivity index (χ0n) is 14.6. The molecule has 0 spiro atoms. The highest BCUT2D eigenvalue weighted by molar-refractivity contribution is 7.92. The summed E-state index contributed by atoms with van der Waals surface area (Å²) in [4.78, 5) is 2.35. The number of nitrogens with zero attached hydrogens (tertiary/aromatic N) is 3. The molecule has 0 unspecified atom stereocenters. The van der Waals surface area contributed by atoms with Crippen LogP contribution in [0.4, 0.5) is 11.6 Å². The number of ether oxygens (including phenoxy) is 1. The van der Waals surface area contributed by atoms with Gasteiger partial charge in [-0.05, 0) is 44.0 Å². The van der Waals surface area contributed by atoms with Crippen molar-refractivity contribution in [1.82, 2.24) is 10.2 Å². The number of aryl methyl sites for hydroxylation is 3. The minimum atomic E-state index is -3.72. The van der Waals surface area contributed by atoms with E-state index in [0.29, 0.717) is 30.2 Å². The minimum absolute atomic E-state index is 0.205. The van der Waals surface area contributed by atoms with Crippen molar-refractivity contribution in [3.05, 3.63) is 41.0 Å². The van der Waals surface area contributed by atoms with Crippen LogP contribution in [-0.4, -0.2) is 44.9 Å². The highest BCUT2D eigenvalue weighted by Crippen LogP contribution is 2.24. The van der Waals surface area contributed by atoms with Crippen molar-refractivity contribution in [3.8, 4) is 0 Å². The Labute approximate surface area is 148 Å². The fraction of sp³-hybridized carbons (Fsp3) is 0.412. The van der Waals surface area contributed by atoms with Crippen LogP contribution in [0.25, 0.3) is 0 Å². The van der Waals surface area contributed by atoms with E-state index in [-0.39, 0.29) is 10.7 Å². The second-order valence-corrected chi connectivity index (χ2v) is 7.83. The van der Waals surface area contributed by atoms with E-state index in [4.69, 9.17) is 4.74 Å². The molecule has 0 aliphatic carbocycles. The van der Waals surface area contributed by atoms with E-state index in [1.54, 1.807) is 26.0 Å². The Morgan fingerprint density at radius 2 is 1.68 bits per heavy atom. The van der Waals surface area contributed by atoms with E-state index >= 15 is 0 Å². The summed E-state index contributed by atoms with van der Waals surface area (Å²) < 4.78 is 33.3. The first-order valence-electron chi connectivity index (χ1n) is 8.14. The van der Waals surface area contributed by atoms with Crippen molar-refractivity contribution in [3.63, 3.8) is 0 Å². The normalized spacial score (nSPS) is 15.2. The summed E-state index contributed by atoms with van der Waals surface area (Å²) in [5, 5.41) is 8.15. The van der Waals surface area contributed by atoms with Crippen molar-refractivity contribution >= 4 is 21.7 Å². The molecule has 0 radical (unpaired) electrons. The summed E-state index contributed by atoms with van der Waals surface area (Å²) >= 11 is 0. The number of nitrogens with one attached hydrogen (secondary N) is 1. The lowest BCUT2D eigenvalue weighted by molar-refractivity contribution is 0.122. The van der Waals surface area contributed by atoms with Crippen molar-refractivity contribution in [2.45, 2.75) is 25.7 Å². The Morgan fingerprint density at radius 1 is 1.04 bits per heavy atom. The summed E-state index contributed by atoms with van der Waals surface area (Å²) in [5.74, 6) is 0.922. The monoisotopic (exact) mass is 362 g/mol. The minimum Gasteiger partial charge on any atom is -0.378 e. The predicted octanol–water partition coefficient (Wildman–Crippen LogP) is 2.04. The molecule has 1 fully saturated rings. The van der Waals surface area contributed by atoms with E-state index in [0.717, 1.165) is 18.7 Å². The molecule has 2 aromatic rings. The summed E-state index contributed by atoms with van der Waals surface area (Å²) in [5.41, 5.74) is 2.45. The lowest BCUT2D eigenvalue weighted by Crippen LogP contribution is -2.36. The first-order chi connectivity index (χ1) is 11.9. The maximum absolute atomic E-state index is 12.7. The molecular weight excluding hydrogens is 340 g/mol. The molecule has 8 heteroatoms. The highest BCUT2D eigenvalue weighted by atomic mass is 32.2. The van der Waals surface area contributed by atoms with Crippen molar-refractivity contribution in [2.75, 3.05) is 35.9 Å². The van der Waals surface area contributed by atoms with E-state index < -0.39 is 10.0 Å². The average Bonchev–Trinajstić information content (AvgIpc) is 2.54. The van der Waals surface area contributed by atoms with E-state index in [2.05, 4.69) is 19.8 Å². The van der Waals surface area contributed by atoms with Gasteiger partial charge in [0.2, 0.25) is 0 Å². The number of morpholine rings is 1. The molecule has 0 atom stereocenters. The lowest BCUT2D eigenvalue weighted by atomic mass is 10.1. The second-order valence-electron chi connectivity index (χ2n) is 6.21. The van der Waals surface area contributed by atoms with E-state index in [9.17, 15) is 8.42 Å². The van der Waals surface area contributed by atoms with E-state index in [1.165, 1.54) is 0 Å². The van der Waals surface area contributed by atoms with Crippen molar-refractivity contribution in [1.29, 1.82) is 0 Å². The summed E-state index contributed by atoms with van der Waals surface area (Å²) in [6, 6.07) is 7.11. The van der Waals surface area contributed by atoms with Gasteiger partial charge in [0.15, 0.2) is 11.6 Å². The fourth-order valence-corrected chi connectivity index (χ4v) is 4.57. The second kappa shape index (κ2) is 6.97. The Bertz CT molecular complexity index is 837. The summed E-state index contributed by atoms with van der Waals surface area (Å²) in [6.45, 7) is 8.34. The molecule has 0 saturated carbocycles.